The summed E-state index contributed by atoms with van der Waals surface area (Å²) in [5.41, 5.74) is 5.46. The van der Waals surface area contributed by atoms with Crippen LogP contribution < -0.4 is 11.1 Å². The number of nitrogens with one attached hydrogen (secondary N) is 1. The molecule has 1 aromatic rings. The summed E-state index contributed by atoms with van der Waals surface area (Å²) in [5.74, 6) is 0.0599. The molecule has 7 nitrogen and oxygen atoms in total. The SMILES string of the molecule is Cc1nc(Cl)sc1S(=O)(=O)N1CCCC(CNC(N)=O)C1. The normalized spacial score (nSPS) is 20.4. The van der Waals surface area contributed by atoms with Crippen molar-refractivity contribution in [2.24, 2.45) is 11.7 Å². The van der Waals surface area contributed by atoms with Crippen LogP contribution in [0.4, 0.5) is 4.79 Å². The molecule has 21 heavy (non-hydrogen) atoms. The number of carbonyl (C=O) groups is 1. The van der Waals surface area contributed by atoms with Crippen LogP contribution in [0.15, 0.2) is 4.21 Å². The lowest BCUT2D eigenvalue weighted by atomic mass is 10.00. The highest BCUT2D eigenvalue weighted by molar-refractivity contribution is 7.91. The molecule has 1 aliphatic rings. The molecule has 0 aromatic carbocycles. The zero-order valence-corrected chi connectivity index (χ0v) is 13.9. The predicted molar refractivity (Wildman–Crippen MR) is 80.9 cm³/mol. The van der Waals surface area contributed by atoms with E-state index in [0.29, 0.717) is 25.3 Å². The van der Waals surface area contributed by atoms with Crippen LogP contribution in [0, 0.1) is 12.8 Å². The van der Waals surface area contributed by atoms with Crippen LogP contribution in [0.1, 0.15) is 18.5 Å². The third-order valence-corrected chi connectivity index (χ3v) is 7.06. The van der Waals surface area contributed by atoms with Gasteiger partial charge in [-0.05, 0) is 25.7 Å². The average molecular weight is 353 g/mol. The van der Waals surface area contributed by atoms with E-state index in [4.69, 9.17) is 17.3 Å². The summed E-state index contributed by atoms with van der Waals surface area (Å²) < 4.78 is 27.1. The first-order valence-corrected chi connectivity index (χ1v) is 9.10. The number of primary amides is 1. The number of halogens is 1. The van der Waals surface area contributed by atoms with Crippen molar-refractivity contribution in [2.45, 2.75) is 24.0 Å². The highest BCUT2D eigenvalue weighted by atomic mass is 35.5. The standard InChI is InChI=1S/C11H17ClN4O3S2/c1-7-9(20-10(12)15-7)21(18,19)16-4-2-3-8(6-16)5-14-11(13)17/h8H,2-6H2,1H3,(H3,13,14,17). The number of rotatable bonds is 4. The number of urea groups is 1. The number of amides is 2. The average Bonchev–Trinajstić information content (AvgIpc) is 2.76. The number of thiazole rings is 1. The van der Waals surface area contributed by atoms with E-state index in [2.05, 4.69) is 10.3 Å². The molecule has 1 atom stereocenters. The molecule has 3 N–H and O–H groups in total. The fourth-order valence-corrected chi connectivity index (χ4v) is 5.79. The van der Waals surface area contributed by atoms with Crippen molar-refractivity contribution in [3.05, 3.63) is 10.2 Å². The lowest BCUT2D eigenvalue weighted by Crippen LogP contribution is -2.44. The fourth-order valence-electron chi connectivity index (χ4n) is 2.36. The van der Waals surface area contributed by atoms with Crippen molar-refractivity contribution < 1.29 is 13.2 Å². The van der Waals surface area contributed by atoms with Gasteiger partial charge in [-0.3, -0.25) is 0 Å². The van der Waals surface area contributed by atoms with Gasteiger partial charge in [-0.2, -0.15) is 4.31 Å². The minimum absolute atomic E-state index is 0.0599. The van der Waals surface area contributed by atoms with Crippen LogP contribution in [-0.2, 0) is 10.0 Å². The molecular formula is C11H17ClN4O3S2. The summed E-state index contributed by atoms with van der Waals surface area (Å²) in [6, 6.07) is -0.597. The molecule has 0 spiro atoms. The minimum Gasteiger partial charge on any atom is -0.352 e. The number of hydrogen-bond acceptors (Lipinski definition) is 5. The van der Waals surface area contributed by atoms with E-state index >= 15 is 0 Å². The van der Waals surface area contributed by atoms with Crippen LogP contribution in [0.3, 0.4) is 0 Å². The van der Waals surface area contributed by atoms with Crippen LogP contribution in [0.2, 0.25) is 4.47 Å². The maximum Gasteiger partial charge on any atom is 0.312 e. The Kier molecular flexibility index (Phi) is 5.07. The van der Waals surface area contributed by atoms with Crippen molar-refractivity contribution >= 4 is 39.0 Å². The lowest BCUT2D eigenvalue weighted by Gasteiger charge is -2.31. The molecule has 2 rings (SSSR count). The summed E-state index contributed by atoms with van der Waals surface area (Å²) >= 11 is 6.76. The zero-order valence-electron chi connectivity index (χ0n) is 11.5. The van der Waals surface area contributed by atoms with E-state index in [1.54, 1.807) is 6.92 Å². The van der Waals surface area contributed by atoms with Gasteiger partial charge in [0.2, 0.25) is 0 Å². The van der Waals surface area contributed by atoms with Gasteiger partial charge >= 0.3 is 6.03 Å². The van der Waals surface area contributed by atoms with Crippen molar-refractivity contribution in [1.82, 2.24) is 14.6 Å². The molecule has 2 heterocycles. The first-order valence-electron chi connectivity index (χ1n) is 6.47. The molecule has 1 aliphatic heterocycles. The third-order valence-electron chi connectivity index (χ3n) is 3.35. The predicted octanol–water partition coefficient (Wildman–Crippen LogP) is 1.17. The highest BCUT2D eigenvalue weighted by Gasteiger charge is 2.33. The third kappa shape index (κ3) is 3.85. The lowest BCUT2D eigenvalue weighted by molar-refractivity contribution is 0.236. The molecule has 1 unspecified atom stereocenters. The molecule has 1 saturated heterocycles. The van der Waals surface area contributed by atoms with Crippen molar-refractivity contribution in [1.29, 1.82) is 0 Å². The van der Waals surface area contributed by atoms with Gasteiger partial charge in [-0.1, -0.05) is 22.9 Å². The van der Waals surface area contributed by atoms with E-state index in [1.165, 1.54) is 4.31 Å². The van der Waals surface area contributed by atoms with Gasteiger partial charge in [0, 0.05) is 19.6 Å². The molecule has 2 amide bonds. The summed E-state index contributed by atoms with van der Waals surface area (Å²) in [6.45, 7) is 2.83. The Hall–Kier alpha value is -0.900. The smallest absolute Gasteiger partial charge is 0.312 e. The largest absolute Gasteiger partial charge is 0.352 e. The number of hydrogen-bond donors (Lipinski definition) is 2. The Balaban J connectivity index is 2.13. The summed E-state index contributed by atoms with van der Waals surface area (Å²) in [4.78, 5) is 14.7. The number of nitrogens with two attached hydrogens (primary N) is 1. The van der Waals surface area contributed by atoms with Crippen molar-refractivity contribution in [3.8, 4) is 0 Å². The van der Waals surface area contributed by atoms with Gasteiger partial charge in [0.15, 0.2) is 8.68 Å². The second kappa shape index (κ2) is 6.47. The number of carbonyl (C=O) groups excluding carboxylic acids is 1. The van der Waals surface area contributed by atoms with Crippen LogP contribution >= 0.6 is 22.9 Å². The Bertz CT molecular complexity index is 631. The number of piperidine rings is 1. The second-order valence-electron chi connectivity index (χ2n) is 4.96. The zero-order chi connectivity index (χ0) is 15.6. The van der Waals surface area contributed by atoms with Crippen LogP contribution in [0.5, 0.6) is 0 Å². The molecule has 0 radical (unpaired) electrons. The molecule has 0 saturated carbocycles. The molecular weight excluding hydrogens is 336 g/mol. The van der Waals surface area contributed by atoms with Crippen LogP contribution in [-0.4, -0.2) is 43.4 Å². The Morgan fingerprint density at radius 1 is 1.62 bits per heavy atom. The molecule has 10 heteroatoms. The van der Waals surface area contributed by atoms with E-state index < -0.39 is 16.1 Å². The van der Waals surface area contributed by atoms with E-state index in [0.717, 1.165) is 24.2 Å². The minimum atomic E-state index is -3.58. The van der Waals surface area contributed by atoms with Crippen molar-refractivity contribution in [2.75, 3.05) is 19.6 Å². The fraction of sp³-hybridized carbons (Fsp3) is 0.636. The van der Waals surface area contributed by atoms with Gasteiger partial charge in [-0.25, -0.2) is 18.2 Å². The van der Waals surface area contributed by atoms with Crippen molar-refractivity contribution in [3.63, 3.8) is 0 Å². The highest BCUT2D eigenvalue weighted by Crippen LogP contribution is 2.31. The second-order valence-corrected chi connectivity index (χ2v) is 8.67. The number of aryl methyl sites for hydroxylation is 1. The molecule has 0 bridgehead atoms. The van der Waals surface area contributed by atoms with E-state index in [1.807, 2.05) is 0 Å². The van der Waals surface area contributed by atoms with Gasteiger partial charge in [-0.15, -0.1) is 0 Å². The topological polar surface area (TPSA) is 105 Å². The molecule has 118 valence electrons. The maximum absolute atomic E-state index is 12.6. The number of nitrogens with zero attached hydrogens (tertiary/aromatic N) is 2. The summed E-state index contributed by atoms with van der Waals surface area (Å²) in [7, 11) is -3.58. The van der Waals surface area contributed by atoms with Gasteiger partial charge in [0.1, 0.15) is 0 Å². The Morgan fingerprint density at radius 3 is 2.90 bits per heavy atom. The monoisotopic (exact) mass is 352 g/mol. The van der Waals surface area contributed by atoms with Gasteiger partial charge < -0.3 is 11.1 Å². The first-order chi connectivity index (χ1) is 9.80. The number of sulfonamides is 1. The summed E-state index contributed by atoms with van der Waals surface area (Å²) in [5, 5.41) is 2.53. The Labute approximate surface area is 132 Å². The van der Waals surface area contributed by atoms with Gasteiger partial charge in [0.25, 0.3) is 10.0 Å². The molecule has 0 aliphatic carbocycles. The Morgan fingerprint density at radius 2 is 2.33 bits per heavy atom. The summed E-state index contributed by atoms with van der Waals surface area (Å²) in [6.07, 6.45) is 1.60. The quantitative estimate of drug-likeness (QED) is 0.848. The van der Waals surface area contributed by atoms with E-state index in [9.17, 15) is 13.2 Å². The number of aromatic nitrogens is 1. The molecule has 1 aromatic heterocycles. The maximum atomic E-state index is 12.6. The first kappa shape index (κ1) is 16.5. The molecule has 1 fully saturated rings. The van der Waals surface area contributed by atoms with E-state index in [-0.39, 0.29) is 14.6 Å². The van der Waals surface area contributed by atoms with Crippen LogP contribution in [0.25, 0.3) is 0 Å². The van der Waals surface area contributed by atoms with Gasteiger partial charge in [0.05, 0.1) is 5.69 Å².